The Kier molecular flexibility index (Phi) is 5.95. The summed E-state index contributed by atoms with van der Waals surface area (Å²) in [6.45, 7) is 3.64. The lowest BCUT2D eigenvalue weighted by Gasteiger charge is -2.30. The molecule has 1 aliphatic rings. The first kappa shape index (κ1) is 18.4. The van der Waals surface area contributed by atoms with E-state index in [1.807, 2.05) is 0 Å². The smallest absolute Gasteiger partial charge is 0.311 e. The van der Waals surface area contributed by atoms with E-state index in [-0.39, 0.29) is 4.90 Å². The van der Waals surface area contributed by atoms with Gasteiger partial charge in [-0.25, -0.2) is 13.6 Å². The van der Waals surface area contributed by atoms with Crippen molar-refractivity contribution in [3.63, 3.8) is 0 Å². The van der Waals surface area contributed by atoms with E-state index in [1.165, 1.54) is 12.1 Å². The van der Waals surface area contributed by atoms with Crippen LogP contribution < -0.4 is 10.5 Å². The number of benzene rings is 1. The topological polar surface area (TPSA) is 110 Å². The van der Waals surface area contributed by atoms with E-state index in [0.717, 1.165) is 18.4 Å². The van der Waals surface area contributed by atoms with Crippen molar-refractivity contribution in [2.24, 2.45) is 11.1 Å². The van der Waals surface area contributed by atoms with Crippen LogP contribution in [-0.2, 0) is 26.0 Å². The summed E-state index contributed by atoms with van der Waals surface area (Å²) in [6, 6.07) is 6.12. The zero-order valence-electron chi connectivity index (χ0n) is 13.7. The highest BCUT2D eigenvalue weighted by Gasteiger charge is 2.25. The van der Waals surface area contributed by atoms with Gasteiger partial charge in [-0.2, -0.15) is 0 Å². The number of hydrogen-bond donors (Lipinski definition) is 2. The molecule has 24 heavy (non-hydrogen) atoms. The number of rotatable bonds is 4. The SMILES string of the molecule is CC1CCCN(C(=O)C(=O)NCCc2ccc(S(N)(=O)=O)cc2)C1. The van der Waals surface area contributed by atoms with Crippen molar-refractivity contribution in [3.8, 4) is 0 Å². The second-order valence-electron chi connectivity index (χ2n) is 6.19. The van der Waals surface area contributed by atoms with Crippen LogP contribution in [0.25, 0.3) is 0 Å². The number of nitrogens with zero attached hydrogens (tertiary/aromatic N) is 1. The van der Waals surface area contributed by atoms with Crippen molar-refractivity contribution in [3.05, 3.63) is 29.8 Å². The van der Waals surface area contributed by atoms with Gasteiger partial charge in [-0.15, -0.1) is 0 Å². The van der Waals surface area contributed by atoms with Crippen molar-refractivity contribution in [1.82, 2.24) is 10.2 Å². The molecule has 0 aromatic heterocycles. The second-order valence-corrected chi connectivity index (χ2v) is 7.75. The van der Waals surface area contributed by atoms with Crippen LogP contribution in [0.4, 0.5) is 0 Å². The number of nitrogens with two attached hydrogens (primary N) is 1. The minimum Gasteiger partial charge on any atom is -0.347 e. The molecule has 2 amide bonds. The number of hydrogen-bond acceptors (Lipinski definition) is 4. The minimum absolute atomic E-state index is 0.0460. The maximum absolute atomic E-state index is 12.1. The van der Waals surface area contributed by atoms with Crippen LogP contribution in [0, 0.1) is 5.92 Å². The fourth-order valence-corrected chi connectivity index (χ4v) is 3.27. The van der Waals surface area contributed by atoms with Crippen LogP contribution in [0.2, 0.25) is 0 Å². The molecule has 1 aliphatic heterocycles. The average molecular weight is 353 g/mol. The molecule has 1 aromatic carbocycles. The fourth-order valence-electron chi connectivity index (χ4n) is 2.76. The van der Waals surface area contributed by atoms with Gasteiger partial charge in [0.1, 0.15) is 0 Å². The molecule has 7 nitrogen and oxygen atoms in total. The minimum atomic E-state index is -3.70. The summed E-state index contributed by atoms with van der Waals surface area (Å²) >= 11 is 0. The fraction of sp³-hybridized carbons (Fsp3) is 0.500. The molecule has 0 aliphatic carbocycles. The van der Waals surface area contributed by atoms with Gasteiger partial charge in [0.05, 0.1) is 4.90 Å². The van der Waals surface area contributed by atoms with E-state index in [4.69, 9.17) is 5.14 Å². The molecule has 0 bridgehead atoms. The zero-order chi connectivity index (χ0) is 17.7. The van der Waals surface area contributed by atoms with Gasteiger partial charge in [0, 0.05) is 19.6 Å². The van der Waals surface area contributed by atoms with Crippen molar-refractivity contribution in [1.29, 1.82) is 0 Å². The van der Waals surface area contributed by atoms with Crippen LogP contribution in [-0.4, -0.2) is 44.8 Å². The lowest BCUT2D eigenvalue weighted by Crippen LogP contribution is -2.47. The highest BCUT2D eigenvalue weighted by atomic mass is 32.2. The van der Waals surface area contributed by atoms with Crippen LogP contribution in [0.15, 0.2) is 29.2 Å². The summed E-state index contributed by atoms with van der Waals surface area (Å²) in [4.78, 5) is 25.6. The number of sulfonamides is 1. The van der Waals surface area contributed by atoms with E-state index >= 15 is 0 Å². The quantitative estimate of drug-likeness (QED) is 0.756. The van der Waals surface area contributed by atoms with Crippen molar-refractivity contribution in [2.75, 3.05) is 19.6 Å². The molecule has 0 radical (unpaired) electrons. The van der Waals surface area contributed by atoms with Gasteiger partial charge >= 0.3 is 11.8 Å². The second kappa shape index (κ2) is 7.76. The molecule has 0 saturated carbocycles. The first-order valence-electron chi connectivity index (χ1n) is 7.96. The number of piperidine rings is 1. The summed E-state index contributed by atoms with van der Waals surface area (Å²) < 4.78 is 22.3. The Labute approximate surface area is 142 Å². The summed E-state index contributed by atoms with van der Waals surface area (Å²) in [7, 11) is -3.70. The number of likely N-dealkylation sites (tertiary alicyclic amines) is 1. The monoisotopic (exact) mass is 353 g/mol. The number of carbonyl (C=O) groups is 2. The molecule has 8 heteroatoms. The average Bonchev–Trinajstić information content (AvgIpc) is 2.53. The van der Waals surface area contributed by atoms with Gasteiger partial charge in [-0.3, -0.25) is 9.59 Å². The molecule has 2 rings (SSSR count). The Morgan fingerprint density at radius 3 is 2.54 bits per heavy atom. The Balaban J connectivity index is 1.81. The highest BCUT2D eigenvalue weighted by molar-refractivity contribution is 7.89. The predicted octanol–water partition coefficient (Wildman–Crippen LogP) is 0.251. The molecule has 1 saturated heterocycles. The van der Waals surface area contributed by atoms with Crippen molar-refractivity contribution >= 4 is 21.8 Å². The molecule has 1 aromatic rings. The van der Waals surface area contributed by atoms with Gasteiger partial charge in [0.2, 0.25) is 10.0 Å². The van der Waals surface area contributed by atoms with E-state index in [9.17, 15) is 18.0 Å². The zero-order valence-corrected chi connectivity index (χ0v) is 14.5. The summed E-state index contributed by atoms with van der Waals surface area (Å²) in [5, 5.41) is 7.65. The summed E-state index contributed by atoms with van der Waals surface area (Å²) in [5.74, 6) is -0.649. The van der Waals surface area contributed by atoms with Crippen LogP contribution in [0.3, 0.4) is 0 Å². The number of carbonyl (C=O) groups excluding carboxylic acids is 2. The number of amides is 2. The third-order valence-corrected chi connectivity index (χ3v) is 5.02. The third-order valence-electron chi connectivity index (χ3n) is 4.09. The van der Waals surface area contributed by atoms with E-state index in [0.29, 0.717) is 32.0 Å². The third kappa shape index (κ3) is 5.04. The first-order chi connectivity index (χ1) is 11.3. The van der Waals surface area contributed by atoms with E-state index < -0.39 is 21.8 Å². The Morgan fingerprint density at radius 1 is 1.29 bits per heavy atom. The lowest BCUT2D eigenvalue weighted by molar-refractivity contribution is -0.146. The Bertz CT molecular complexity index is 701. The highest BCUT2D eigenvalue weighted by Crippen LogP contribution is 2.15. The maximum Gasteiger partial charge on any atom is 0.311 e. The van der Waals surface area contributed by atoms with Crippen LogP contribution >= 0.6 is 0 Å². The number of primary sulfonamides is 1. The Hall–Kier alpha value is -1.93. The summed E-state index contributed by atoms with van der Waals surface area (Å²) in [6.07, 6.45) is 2.51. The van der Waals surface area contributed by atoms with Gasteiger partial charge in [-0.1, -0.05) is 19.1 Å². The molecular weight excluding hydrogens is 330 g/mol. The standard InChI is InChI=1S/C16H23N3O4S/c1-12-3-2-10-19(11-12)16(21)15(20)18-9-8-13-4-6-14(7-5-13)24(17,22)23/h4-7,12H,2-3,8-11H2,1H3,(H,18,20)(H2,17,22,23). The molecule has 1 fully saturated rings. The van der Waals surface area contributed by atoms with Crippen molar-refractivity contribution in [2.45, 2.75) is 31.1 Å². The molecule has 1 unspecified atom stereocenters. The van der Waals surface area contributed by atoms with E-state index in [1.54, 1.807) is 17.0 Å². The van der Waals surface area contributed by atoms with Crippen LogP contribution in [0.5, 0.6) is 0 Å². The van der Waals surface area contributed by atoms with Gasteiger partial charge in [-0.05, 0) is 42.9 Å². The van der Waals surface area contributed by atoms with Gasteiger partial charge < -0.3 is 10.2 Å². The molecule has 132 valence electrons. The maximum atomic E-state index is 12.1. The molecule has 3 N–H and O–H groups in total. The molecule has 0 spiro atoms. The van der Waals surface area contributed by atoms with E-state index in [2.05, 4.69) is 12.2 Å². The van der Waals surface area contributed by atoms with Gasteiger partial charge in [0.15, 0.2) is 0 Å². The number of nitrogens with one attached hydrogen (secondary N) is 1. The van der Waals surface area contributed by atoms with Crippen molar-refractivity contribution < 1.29 is 18.0 Å². The summed E-state index contributed by atoms with van der Waals surface area (Å²) in [5.41, 5.74) is 0.849. The predicted molar refractivity (Wildman–Crippen MR) is 89.5 cm³/mol. The largest absolute Gasteiger partial charge is 0.347 e. The molecular formula is C16H23N3O4S. The first-order valence-corrected chi connectivity index (χ1v) is 9.51. The molecule has 1 atom stereocenters. The Morgan fingerprint density at radius 2 is 1.96 bits per heavy atom. The molecule has 1 heterocycles. The normalized spacial score (nSPS) is 18.2. The lowest BCUT2D eigenvalue weighted by atomic mass is 10.0. The van der Waals surface area contributed by atoms with Crippen LogP contribution in [0.1, 0.15) is 25.3 Å². The van der Waals surface area contributed by atoms with Gasteiger partial charge in [0.25, 0.3) is 0 Å².